The van der Waals surface area contributed by atoms with Crippen LogP contribution in [0.5, 0.6) is 0 Å². The lowest BCUT2D eigenvalue weighted by Crippen LogP contribution is -2.37. The summed E-state index contributed by atoms with van der Waals surface area (Å²) in [7, 11) is -4.68. The second-order valence-electron chi connectivity index (χ2n) is 15.2. The molecule has 2 fully saturated rings. The van der Waals surface area contributed by atoms with Gasteiger partial charge in [-0.2, -0.15) is 0 Å². The van der Waals surface area contributed by atoms with Crippen LogP contribution >= 0.6 is 11.6 Å². The van der Waals surface area contributed by atoms with Crippen LogP contribution in [0.4, 0.5) is 21.0 Å². The Bertz CT molecular complexity index is 2170. The first kappa shape index (κ1) is 37.0. The predicted molar refractivity (Wildman–Crippen MR) is 194 cm³/mol. The fourth-order valence-electron chi connectivity index (χ4n) is 5.70. The number of benzene rings is 1. The van der Waals surface area contributed by atoms with Crippen LogP contribution in [-0.2, 0) is 30.8 Å². The van der Waals surface area contributed by atoms with Crippen LogP contribution in [0.1, 0.15) is 95.4 Å². The van der Waals surface area contributed by atoms with E-state index in [4.69, 9.17) is 26.1 Å². The van der Waals surface area contributed by atoms with Crippen molar-refractivity contribution in [3.63, 3.8) is 0 Å². The number of carbonyl (C=O) groups excluding carboxylic acids is 3. The Morgan fingerprint density at radius 2 is 1.71 bits per heavy atom. The molecule has 2 aliphatic rings. The van der Waals surface area contributed by atoms with Gasteiger partial charge in [0, 0.05) is 36.1 Å². The highest BCUT2D eigenvalue weighted by Crippen LogP contribution is 2.47. The van der Waals surface area contributed by atoms with Gasteiger partial charge >= 0.3 is 12.2 Å². The number of hydrogen-bond donors (Lipinski definition) is 2. The first-order valence-corrected chi connectivity index (χ1v) is 18.8. The summed E-state index contributed by atoms with van der Waals surface area (Å²) in [5.74, 6) is -0.316. The van der Waals surface area contributed by atoms with Crippen molar-refractivity contribution in [2.45, 2.75) is 102 Å². The quantitative estimate of drug-likeness (QED) is 0.184. The van der Waals surface area contributed by atoms with Gasteiger partial charge in [0.1, 0.15) is 27.6 Å². The van der Waals surface area contributed by atoms with Crippen LogP contribution in [0, 0.1) is 12.8 Å². The monoisotopic (exact) mass is 751 g/mol. The number of sulfonamides is 1. The van der Waals surface area contributed by atoms with Crippen molar-refractivity contribution in [2.24, 2.45) is 5.92 Å². The summed E-state index contributed by atoms with van der Waals surface area (Å²) in [6.45, 7) is 11.6. The SMILES string of the molecule is Cc1ccnc([C@H]2C[C@@H]2C(=O)Nc2cc(N(Cc3cn4cc(C5CC5)ccc4n3)C(=O)OC(C)(C)C)c(Cl)cc2S(=O)(=O)NC(=O)OC(C)(C)C)n1. The number of fused-ring (bicyclic) bond motifs is 1. The minimum Gasteiger partial charge on any atom is -0.443 e. The molecule has 0 aliphatic heterocycles. The average molecular weight is 752 g/mol. The molecule has 276 valence electrons. The van der Waals surface area contributed by atoms with Crippen LogP contribution in [-0.4, -0.2) is 57.1 Å². The second-order valence-corrected chi connectivity index (χ2v) is 17.3. The molecule has 3 heterocycles. The Morgan fingerprint density at radius 1 is 1.00 bits per heavy atom. The zero-order valence-electron chi connectivity index (χ0n) is 30.1. The van der Waals surface area contributed by atoms with E-state index in [0.29, 0.717) is 29.5 Å². The lowest BCUT2D eigenvalue weighted by Gasteiger charge is -2.28. The highest BCUT2D eigenvalue weighted by molar-refractivity contribution is 7.90. The van der Waals surface area contributed by atoms with Gasteiger partial charge in [0.2, 0.25) is 5.91 Å². The molecule has 0 unspecified atom stereocenters. The van der Waals surface area contributed by atoms with Crippen LogP contribution in [0.25, 0.3) is 5.65 Å². The topological polar surface area (TPSA) is 174 Å². The molecule has 0 spiro atoms. The minimum absolute atomic E-state index is 0.0347. The molecule has 2 atom stereocenters. The lowest BCUT2D eigenvalue weighted by atomic mass is 10.2. The number of rotatable bonds is 9. The number of imidazole rings is 1. The van der Waals surface area contributed by atoms with Gasteiger partial charge in [0.25, 0.3) is 10.0 Å². The summed E-state index contributed by atoms with van der Waals surface area (Å²) >= 11 is 6.78. The fourth-order valence-corrected chi connectivity index (χ4v) is 7.07. The van der Waals surface area contributed by atoms with Crippen molar-refractivity contribution in [1.29, 1.82) is 0 Å². The predicted octanol–water partition coefficient (Wildman–Crippen LogP) is 6.86. The molecular weight excluding hydrogens is 710 g/mol. The molecule has 14 nitrogen and oxygen atoms in total. The van der Waals surface area contributed by atoms with Gasteiger partial charge in [-0.25, -0.2) is 37.7 Å². The Morgan fingerprint density at radius 3 is 2.37 bits per heavy atom. The summed E-state index contributed by atoms with van der Waals surface area (Å²) in [4.78, 5) is 54.3. The van der Waals surface area contributed by atoms with E-state index in [1.807, 2.05) is 34.4 Å². The van der Waals surface area contributed by atoms with Gasteiger partial charge in [-0.1, -0.05) is 17.7 Å². The van der Waals surface area contributed by atoms with Crippen molar-refractivity contribution in [3.05, 3.63) is 76.7 Å². The molecule has 6 rings (SSSR count). The van der Waals surface area contributed by atoms with E-state index in [1.54, 1.807) is 60.0 Å². The maximum absolute atomic E-state index is 13.8. The Kier molecular flexibility index (Phi) is 9.72. The van der Waals surface area contributed by atoms with E-state index in [-0.39, 0.29) is 28.9 Å². The number of amides is 3. The molecule has 0 radical (unpaired) electrons. The number of pyridine rings is 1. The summed E-state index contributed by atoms with van der Waals surface area (Å²) in [6.07, 6.45) is 6.14. The number of carbonyl (C=O) groups is 3. The van der Waals surface area contributed by atoms with Crippen LogP contribution in [0.2, 0.25) is 5.02 Å². The maximum Gasteiger partial charge on any atom is 0.421 e. The summed E-state index contributed by atoms with van der Waals surface area (Å²) in [5.41, 5.74) is 1.03. The van der Waals surface area contributed by atoms with Gasteiger partial charge in [-0.3, -0.25) is 9.69 Å². The number of nitrogens with zero attached hydrogens (tertiary/aromatic N) is 5. The molecule has 1 aromatic carbocycles. The number of nitrogens with one attached hydrogen (secondary N) is 2. The normalized spacial score (nSPS) is 17.4. The van der Waals surface area contributed by atoms with E-state index in [0.717, 1.165) is 24.6 Å². The first-order valence-electron chi connectivity index (χ1n) is 16.9. The van der Waals surface area contributed by atoms with E-state index < -0.39 is 50.1 Å². The third kappa shape index (κ3) is 8.81. The molecule has 0 bridgehead atoms. The van der Waals surface area contributed by atoms with Crippen molar-refractivity contribution in [1.82, 2.24) is 24.1 Å². The fraction of sp³-hybridized carbons (Fsp3) is 0.444. The Balaban J connectivity index is 1.38. The van der Waals surface area contributed by atoms with Crippen LogP contribution < -0.4 is 14.9 Å². The third-order valence-electron chi connectivity index (χ3n) is 8.28. The van der Waals surface area contributed by atoms with Crippen molar-refractivity contribution in [2.75, 3.05) is 10.2 Å². The molecule has 2 N–H and O–H groups in total. The Hall–Kier alpha value is -4.76. The number of halogens is 1. The molecule has 4 aromatic rings. The maximum atomic E-state index is 13.8. The summed E-state index contributed by atoms with van der Waals surface area (Å²) in [5, 5.41) is 2.53. The van der Waals surface area contributed by atoms with E-state index >= 15 is 0 Å². The summed E-state index contributed by atoms with van der Waals surface area (Å²) in [6, 6.07) is 8.05. The van der Waals surface area contributed by atoms with Crippen molar-refractivity contribution < 1.29 is 32.3 Å². The molecule has 16 heteroatoms. The smallest absolute Gasteiger partial charge is 0.421 e. The highest BCUT2D eigenvalue weighted by Gasteiger charge is 2.46. The van der Waals surface area contributed by atoms with Crippen LogP contribution in [0.15, 0.2) is 53.8 Å². The third-order valence-corrected chi connectivity index (χ3v) is 9.94. The largest absolute Gasteiger partial charge is 0.443 e. The molecule has 3 amide bonds. The average Bonchev–Trinajstić information content (AvgIpc) is 3.95. The van der Waals surface area contributed by atoms with E-state index in [2.05, 4.69) is 15.3 Å². The van der Waals surface area contributed by atoms with Gasteiger partial charge in [0.05, 0.1) is 28.6 Å². The number of hydrogen-bond acceptors (Lipinski definition) is 10. The van der Waals surface area contributed by atoms with Gasteiger partial charge in [-0.15, -0.1) is 0 Å². The lowest BCUT2D eigenvalue weighted by molar-refractivity contribution is -0.117. The second kappa shape index (κ2) is 13.7. The number of aromatic nitrogens is 4. The standard InChI is InChI=1S/C36H42ClN7O7S/c1-20-12-13-38-31(39-20)24-14-25(24)32(45)41-27-16-28(26(37)15-29(27)52(48,49)42-33(46)50-35(2,3)4)44(34(47)51-36(5,6)7)19-23-18-43-17-22(21-8-9-21)10-11-30(43)40-23/h10-13,15-18,21,24-25H,8-9,14,19H2,1-7H3,(H,41,45)(H,42,46)/t24-,25-/m0/s1. The first-order chi connectivity index (χ1) is 24.3. The van der Waals surface area contributed by atoms with Gasteiger partial charge < -0.3 is 19.2 Å². The number of aryl methyl sites for hydroxylation is 1. The van der Waals surface area contributed by atoms with Crippen LogP contribution in [0.3, 0.4) is 0 Å². The molecule has 0 saturated heterocycles. The van der Waals surface area contributed by atoms with Gasteiger partial charge in [-0.05, 0) is 103 Å². The summed E-state index contributed by atoms with van der Waals surface area (Å²) < 4.78 is 42.1. The highest BCUT2D eigenvalue weighted by atomic mass is 35.5. The molecular formula is C36H42ClN7O7S. The number of ether oxygens (including phenoxy) is 2. The molecule has 2 aliphatic carbocycles. The van der Waals surface area contributed by atoms with Gasteiger partial charge in [0.15, 0.2) is 0 Å². The molecule has 2 saturated carbocycles. The zero-order valence-corrected chi connectivity index (χ0v) is 31.6. The minimum atomic E-state index is -4.68. The molecule has 52 heavy (non-hydrogen) atoms. The zero-order chi connectivity index (χ0) is 37.7. The molecule has 3 aromatic heterocycles. The van der Waals surface area contributed by atoms with Crippen molar-refractivity contribution >= 4 is 56.7 Å². The van der Waals surface area contributed by atoms with Crippen molar-refractivity contribution in [3.8, 4) is 0 Å². The van der Waals surface area contributed by atoms with E-state index in [9.17, 15) is 22.8 Å². The Labute approximate surface area is 307 Å². The number of anilines is 2. The van der Waals surface area contributed by atoms with E-state index in [1.165, 1.54) is 16.5 Å².